The Morgan fingerprint density at radius 1 is 0.872 bits per heavy atom. The summed E-state index contributed by atoms with van der Waals surface area (Å²) in [6.07, 6.45) is 2.89. The lowest BCUT2D eigenvalue weighted by atomic mass is 10.1. The first-order chi connectivity index (χ1) is 18.8. The summed E-state index contributed by atoms with van der Waals surface area (Å²) in [4.78, 5) is -0.378. The fourth-order valence-electron chi connectivity index (χ4n) is 4.21. The molecular weight excluding hydrogens is 536 g/mol. The van der Waals surface area contributed by atoms with Crippen molar-refractivity contribution in [3.05, 3.63) is 102 Å². The fraction of sp³-hybridized carbons (Fsp3) is 0.143. The molecule has 11 heteroatoms. The van der Waals surface area contributed by atoms with E-state index in [1.54, 1.807) is 41.2 Å². The second-order valence-electron chi connectivity index (χ2n) is 8.69. The highest BCUT2D eigenvalue weighted by atomic mass is 32.2. The van der Waals surface area contributed by atoms with Gasteiger partial charge in [0.15, 0.2) is 0 Å². The van der Waals surface area contributed by atoms with E-state index in [1.165, 1.54) is 34.6 Å². The summed E-state index contributed by atoms with van der Waals surface area (Å²) < 4.78 is 61.3. The Labute approximate surface area is 227 Å². The van der Waals surface area contributed by atoms with Crippen LogP contribution in [0.5, 0.6) is 0 Å². The van der Waals surface area contributed by atoms with E-state index in [9.17, 15) is 22.1 Å². The molecule has 0 N–H and O–H groups in total. The van der Waals surface area contributed by atoms with Gasteiger partial charge in [0.2, 0.25) is 19.9 Å². The molecule has 9 nitrogen and oxygen atoms in total. The maximum absolute atomic E-state index is 13.3. The van der Waals surface area contributed by atoms with Crippen molar-refractivity contribution in [2.75, 3.05) is 26.3 Å². The van der Waals surface area contributed by atoms with Crippen molar-refractivity contribution >= 4 is 25.9 Å². The second-order valence-corrected chi connectivity index (χ2v) is 12.6. The first-order valence-electron chi connectivity index (χ1n) is 12.1. The smallest absolute Gasteiger partial charge is 0.243 e. The third kappa shape index (κ3) is 5.41. The Bertz CT molecular complexity index is 1770. The summed E-state index contributed by atoms with van der Waals surface area (Å²) in [5.74, 6) is 0. The van der Waals surface area contributed by atoms with Gasteiger partial charge in [0.1, 0.15) is 16.7 Å². The number of nitrogens with zero attached hydrogens (tertiary/aromatic N) is 4. The molecule has 1 aliphatic heterocycles. The van der Waals surface area contributed by atoms with Crippen LogP contribution in [0.25, 0.3) is 23.0 Å². The molecule has 39 heavy (non-hydrogen) atoms. The van der Waals surface area contributed by atoms with Gasteiger partial charge in [-0.2, -0.15) is 14.7 Å². The minimum Gasteiger partial charge on any atom is -0.379 e. The lowest BCUT2D eigenvalue weighted by Gasteiger charge is -2.26. The van der Waals surface area contributed by atoms with Crippen molar-refractivity contribution in [3.63, 3.8) is 0 Å². The Kier molecular flexibility index (Phi) is 7.45. The lowest BCUT2D eigenvalue weighted by Crippen LogP contribution is -2.40. The van der Waals surface area contributed by atoms with Crippen molar-refractivity contribution in [2.24, 2.45) is 0 Å². The van der Waals surface area contributed by atoms with Gasteiger partial charge in [-0.05, 0) is 42.5 Å². The van der Waals surface area contributed by atoms with Gasteiger partial charge >= 0.3 is 0 Å². The number of hydrogen-bond donors (Lipinski definition) is 0. The molecule has 1 aromatic heterocycles. The number of nitriles is 1. The summed E-state index contributed by atoms with van der Waals surface area (Å²) in [7, 11) is -7.88. The summed E-state index contributed by atoms with van der Waals surface area (Å²) >= 11 is 0. The zero-order valence-corrected chi connectivity index (χ0v) is 22.3. The number of sulfone groups is 1. The molecule has 0 atom stereocenters. The number of aromatic nitrogens is 2. The molecule has 0 aliphatic carbocycles. The zero-order valence-electron chi connectivity index (χ0n) is 20.7. The van der Waals surface area contributed by atoms with E-state index in [2.05, 4.69) is 5.10 Å². The molecule has 198 valence electrons. The Morgan fingerprint density at radius 2 is 1.51 bits per heavy atom. The highest BCUT2D eigenvalue weighted by molar-refractivity contribution is 7.95. The molecule has 2 heterocycles. The number of rotatable bonds is 7. The molecule has 1 aliphatic rings. The number of sulfonamides is 1. The van der Waals surface area contributed by atoms with E-state index in [-0.39, 0.29) is 22.9 Å². The quantitative estimate of drug-likeness (QED) is 0.314. The number of benzene rings is 3. The topological polar surface area (TPSA) is 122 Å². The molecule has 3 aromatic carbocycles. The van der Waals surface area contributed by atoms with Crippen LogP contribution in [0.15, 0.2) is 106 Å². The second kappa shape index (κ2) is 11.0. The van der Waals surface area contributed by atoms with Gasteiger partial charge in [-0.1, -0.05) is 48.5 Å². The zero-order chi connectivity index (χ0) is 27.5. The lowest BCUT2D eigenvalue weighted by molar-refractivity contribution is 0.0730. The van der Waals surface area contributed by atoms with Gasteiger partial charge < -0.3 is 4.74 Å². The van der Waals surface area contributed by atoms with Gasteiger partial charge in [0.25, 0.3) is 0 Å². The van der Waals surface area contributed by atoms with Crippen molar-refractivity contribution in [1.82, 2.24) is 14.1 Å². The van der Waals surface area contributed by atoms with Crippen LogP contribution in [-0.2, 0) is 24.6 Å². The molecule has 0 unspecified atom stereocenters. The maximum Gasteiger partial charge on any atom is 0.243 e. The number of para-hydroxylation sites is 1. The van der Waals surface area contributed by atoms with Gasteiger partial charge in [0.05, 0.1) is 28.7 Å². The van der Waals surface area contributed by atoms with Crippen LogP contribution in [0.2, 0.25) is 0 Å². The molecule has 5 rings (SSSR count). The average Bonchev–Trinajstić information content (AvgIpc) is 3.41. The summed E-state index contributed by atoms with van der Waals surface area (Å²) in [5, 5.41) is 14.5. The van der Waals surface area contributed by atoms with E-state index < -0.39 is 24.8 Å². The monoisotopic (exact) mass is 560 g/mol. The first-order valence-corrected chi connectivity index (χ1v) is 15.0. The third-order valence-electron chi connectivity index (χ3n) is 6.22. The van der Waals surface area contributed by atoms with Gasteiger partial charge in [-0.15, -0.1) is 0 Å². The molecule has 0 saturated carbocycles. The number of morpholine rings is 1. The van der Waals surface area contributed by atoms with E-state index in [0.717, 1.165) is 0 Å². The van der Waals surface area contributed by atoms with Crippen LogP contribution in [0.3, 0.4) is 0 Å². The fourth-order valence-corrected chi connectivity index (χ4v) is 6.83. The highest BCUT2D eigenvalue weighted by Gasteiger charge is 2.27. The maximum atomic E-state index is 13.3. The number of ether oxygens (including phenoxy) is 1. The van der Waals surface area contributed by atoms with E-state index >= 15 is 0 Å². The number of allylic oxidation sites excluding steroid dienone is 1. The average molecular weight is 561 g/mol. The highest BCUT2D eigenvalue weighted by Crippen LogP contribution is 2.30. The molecular formula is C28H24N4O5S2. The van der Waals surface area contributed by atoms with E-state index in [4.69, 9.17) is 4.74 Å². The molecule has 0 amide bonds. The molecule has 0 spiro atoms. The van der Waals surface area contributed by atoms with Gasteiger partial charge in [0, 0.05) is 30.4 Å². The molecule has 1 saturated heterocycles. The number of hydrogen-bond acceptors (Lipinski definition) is 7. The van der Waals surface area contributed by atoms with Crippen LogP contribution < -0.4 is 0 Å². The molecule has 4 aromatic rings. The normalized spacial score (nSPS) is 15.1. The van der Waals surface area contributed by atoms with Crippen molar-refractivity contribution < 1.29 is 21.6 Å². The Hall–Kier alpha value is -4.08. The standard InChI is InChI=1S/C28H24N4O5S2/c29-20-27(38(33,34)25-11-5-2-6-12-25)19-23-21-32(24-9-3-1-4-10-24)30-28(23)22-8-7-13-26(18-22)39(35,36)31-14-16-37-17-15-31/h1-13,18-19,21H,14-17H2. The van der Waals surface area contributed by atoms with Crippen LogP contribution >= 0.6 is 0 Å². The Balaban J connectivity index is 1.64. The minimum absolute atomic E-state index is 0.00611. The van der Waals surface area contributed by atoms with Crippen LogP contribution in [0.4, 0.5) is 0 Å². The molecule has 1 fully saturated rings. The largest absolute Gasteiger partial charge is 0.379 e. The molecule has 0 bridgehead atoms. The minimum atomic E-state index is -4.10. The SMILES string of the molecule is N#CC(=Cc1cn(-c2ccccc2)nc1-c1cccc(S(=O)(=O)N2CCOCC2)c1)S(=O)(=O)c1ccccc1. The van der Waals surface area contributed by atoms with E-state index in [1.807, 2.05) is 36.4 Å². The summed E-state index contributed by atoms with van der Waals surface area (Å²) in [5.41, 5.74) is 1.84. The predicted octanol–water partition coefficient (Wildman–Crippen LogP) is 3.90. The van der Waals surface area contributed by atoms with Crippen molar-refractivity contribution in [1.29, 1.82) is 5.26 Å². The predicted molar refractivity (Wildman–Crippen MR) is 146 cm³/mol. The Morgan fingerprint density at radius 3 is 2.18 bits per heavy atom. The van der Waals surface area contributed by atoms with Crippen LogP contribution in [0.1, 0.15) is 5.56 Å². The van der Waals surface area contributed by atoms with Crippen LogP contribution in [0, 0.1) is 11.3 Å². The third-order valence-corrected chi connectivity index (χ3v) is 9.79. The molecule has 0 radical (unpaired) electrons. The summed E-state index contributed by atoms with van der Waals surface area (Å²) in [6.45, 7) is 1.16. The first kappa shape index (κ1) is 26.5. The van der Waals surface area contributed by atoms with Gasteiger partial charge in [-0.3, -0.25) is 0 Å². The van der Waals surface area contributed by atoms with Crippen molar-refractivity contribution in [3.8, 4) is 23.0 Å². The van der Waals surface area contributed by atoms with Crippen LogP contribution in [-0.4, -0.2) is 57.2 Å². The summed E-state index contributed by atoms with van der Waals surface area (Å²) in [6, 6.07) is 25.0. The van der Waals surface area contributed by atoms with E-state index in [0.29, 0.717) is 35.7 Å². The van der Waals surface area contributed by atoms with Gasteiger partial charge in [-0.25, -0.2) is 21.5 Å². The van der Waals surface area contributed by atoms with Crippen molar-refractivity contribution in [2.45, 2.75) is 9.79 Å².